The Morgan fingerprint density at radius 3 is 2.21 bits per heavy atom. The van der Waals surface area contributed by atoms with Crippen LogP contribution in [0.3, 0.4) is 0 Å². The zero-order valence-corrected chi connectivity index (χ0v) is 12.0. The highest BCUT2D eigenvalue weighted by atomic mass is 35.5. The maximum absolute atomic E-state index is 5.81. The first-order chi connectivity index (χ1) is 8.99. The summed E-state index contributed by atoms with van der Waals surface area (Å²) in [4.78, 5) is 0. The molecule has 6 nitrogen and oxygen atoms in total. The van der Waals surface area contributed by atoms with Gasteiger partial charge < -0.3 is 11.5 Å². The standard InChI is InChI=1S/C10H11ClN6S2/c11-7-3-1-6(2-4-7)8(15-17-10(13)19)5-14-16-9(12)18/h1-5H,(H3,12,16,18)(H3,13,17,19). The van der Waals surface area contributed by atoms with E-state index in [0.717, 1.165) is 5.56 Å². The molecule has 0 aromatic heterocycles. The number of nitrogens with zero attached hydrogens (tertiary/aromatic N) is 2. The molecule has 0 unspecified atom stereocenters. The van der Waals surface area contributed by atoms with Crippen molar-refractivity contribution in [1.82, 2.24) is 10.9 Å². The summed E-state index contributed by atoms with van der Waals surface area (Å²) < 4.78 is 0. The van der Waals surface area contributed by atoms with E-state index in [-0.39, 0.29) is 10.2 Å². The maximum Gasteiger partial charge on any atom is 0.184 e. The van der Waals surface area contributed by atoms with E-state index in [1.165, 1.54) is 6.21 Å². The number of rotatable bonds is 4. The average Bonchev–Trinajstić information content (AvgIpc) is 2.34. The monoisotopic (exact) mass is 314 g/mol. The van der Waals surface area contributed by atoms with Gasteiger partial charge >= 0.3 is 0 Å². The SMILES string of the molecule is NC(=S)NN=CC(=NNC(N)=S)c1ccc(Cl)cc1. The van der Waals surface area contributed by atoms with Crippen molar-refractivity contribution in [2.75, 3.05) is 0 Å². The third-order valence-electron chi connectivity index (χ3n) is 1.79. The normalized spacial score (nSPS) is 11.3. The minimum absolute atomic E-state index is 0.0437. The molecule has 0 heterocycles. The van der Waals surface area contributed by atoms with Crippen molar-refractivity contribution in [2.24, 2.45) is 21.7 Å². The second kappa shape index (κ2) is 7.62. The molecule has 0 aliphatic carbocycles. The van der Waals surface area contributed by atoms with Crippen LogP contribution in [0, 0.1) is 0 Å². The Morgan fingerprint density at radius 1 is 1.11 bits per heavy atom. The van der Waals surface area contributed by atoms with Crippen molar-refractivity contribution < 1.29 is 0 Å². The van der Waals surface area contributed by atoms with Gasteiger partial charge in [-0.25, -0.2) is 0 Å². The first kappa shape index (κ1) is 15.3. The summed E-state index contributed by atoms with van der Waals surface area (Å²) in [5, 5.41) is 8.53. The Labute approximate surface area is 125 Å². The lowest BCUT2D eigenvalue weighted by molar-refractivity contribution is 1.03. The molecule has 0 fully saturated rings. The molecule has 9 heteroatoms. The van der Waals surface area contributed by atoms with Gasteiger partial charge in [-0.05, 0) is 36.6 Å². The summed E-state index contributed by atoms with van der Waals surface area (Å²) in [6.07, 6.45) is 1.42. The van der Waals surface area contributed by atoms with Gasteiger partial charge in [-0.15, -0.1) is 0 Å². The molecular weight excluding hydrogens is 304 g/mol. The molecule has 0 aliphatic rings. The number of thiocarbonyl (C=S) groups is 2. The van der Waals surface area contributed by atoms with Crippen molar-refractivity contribution >= 4 is 58.2 Å². The van der Waals surface area contributed by atoms with E-state index in [2.05, 4.69) is 45.5 Å². The summed E-state index contributed by atoms with van der Waals surface area (Å²) in [6.45, 7) is 0. The van der Waals surface area contributed by atoms with Crippen LogP contribution in [0.15, 0.2) is 34.5 Å². The molecular formula is C10H11ClN6S2. The fraction of sp³-hybridized carbons (Fsp3) is 0. The van der Waals surface area contributed by atoms with E-state index in [0.29, 0.717) is 10.7 Å². The number of hydrogen-bond acceptors (Lipinski definition) is 4. The summed E-state index contributed by atoms with van der Waals surface area (Å²) >= 11 is 15.1. The number of hydrazone groups is 2. The van der Waals surface area contributed by atoms with Gasteiger partial charge in [0.25, 0.3) is 0 Å². The van der Waals surface area contributed by atoms with Crippen LogP contribution in [-0.2, 0) is 0 Å². The Bertz CT molecular complexity index is 525. The fourth-order valence-electron chi connectivity index (χ4n) is 1.06. The number of halogens is 1. The molecule has 6 N–H and O–H groups in total. The lowest BCUT2D eigenvalue weighted by atomic mass is 10.1. The molecule has 0 spiro atoms. The largest absolute Gasteiger partial charge is 0.375 e. The molecule has 0 bridgehead atoms. The van der Waals surface area contributed by atoms with Gasteiger partial charge in [0.05, 0.1) is 6.21 Å². The highest BCUT2D eigenvalue weighted by Crippen LogP contribution is 2.09. The second-order valence-corrected chi connectivity index (χ2v) is 4.53. The number of nitrogens with one attached hydrogen (secondary N) is 2. The summed E-state index contributed by atoms with van der Waals surface area (Å²) in [5.41, 5.74) is 16.7. The van der Waals surface area contributed by atoms with Gasteiger partial charge in [0.1, 0.15) is 5.71 Å². The van der Waals surface area contributed by atoms with Crippen LogP contribution in [0.25, 0.3) is 0 Å². The molecule has 19 heavy (non-hydrogen) atoms. The van der Waals surface area contributed by atoms with Crippen LogP contribution < -0.4 is 22.3 Å². The van der Waals surface area contributed by atoms with Crippen LogP contribution in [0.2, 0.25) is 5.02 Å². The number of nitrogens with two attached hydrogens (primary N) is 2. The third kappa shape index (κ3) is 6.09. The topological polar surface area (TPSA) is 101 Å². The lowest BCUT2D eigenvalue weighted by Gasteiger charge is -2.03. The van der Waals surface area contributed by atoms with E-state index in [4.69, 9.17) is 23.1 Å². The van der Waals surface area contributed by atoms with Crippen LogP contribution in [-0.4, -0.2) is 22.2 Å². The highest BCUT2D eigenvalue weighted by Gasteiger charge is 2.01. The summed E-state index contributed by atoms with van der Waals surface area (Å²) in [7, 11) is 0. The Balaban J connectivity index is 2.94. The molecule has 0 aliphatic heterocycles. The fourth-order valence-corrected chi connectivity index (χ4v) is 1.29. The Kier molecular flexibility index (Phi) is 6.13. The van der Waals surface area contributed by atoms with Gasteiger partial charge in [0.15, 0.2) is 10.2 Å². The minimum atomic E-state index is 0.0437. The maximum atomic E-state index is 5.81. The predicted octanol–water partition coefficient (Wildman–Crippen LogP) is 0.696. The quantitative estimate of drug-likeness (QED) is 0.371. The van der Waals surface area contributed by atoms with Gasteiger partial charge in [0, 0.05) is 10.6 Å². The van der Waals surface area contributed by atoms with Gasteiger partial charge in [-0.3, -0.25) is 10.9 Å². The highest BCUT2D eigenvalue weighted by molar-refractivity contribution is 7.80. The molecule has 100 valence electrons. The summed E-state index contributed by atoms with van der Waals surface area (Å²) in [5.74, 6) is 0. The van der Waals surface area contributed by atoms with Crippen molar-refractivity contribution in [2.45, 2.75) is 0 Å². The molecule has 0 radical (unpaired) electrons. The van der Waals surface area contributed by atoms with Crippen molar-refractivity contribution in [3.05, 3.63) is 34.9 Å². The second-order valence-electron chi connectivity index (χ2n) is 3.21. The van der Waals surface area contributed by atoms with Crippen LogP contribution in [0.4, 0.5) is 0 Å². The molecule has 1 aromatic carbocycles. The Morgan fingerprint density at radius 2 is 1.68 bits per heavy atom. The van der Waals surface area contributed by atoms with Crippen molar-refractivity contribution in [3.63, 3.8) is 0 Å². The molecule has 0 saturated heterocycles. The Hall–Kier alpha value is -1.77. The van der Waals surface area contributed by atoms with Crippen LogP contribution in [0.1, 0.15) is 5.56 Å². The molecule has 1 aromatic rings. The zero-order chi connectivity index (χ0) is 14.3. The van der Waals surface area contributed by atoms with E-state index >= 15 is 0 Å². The number of hydrogen-bond donors (Lipinski definition) is 4. The molecule has 0 saturated carbocycles. The summed E-state index contributed by atoms with van der Waals surface area (Å²) in [6, 6.07) is 6.99. The van der Waals surface area contributed by atoms with E-state index in [1.54, 1.807) is 24.3 Å². The van der Waals surface area contributed by atoms with Gasteiger partial charge in [-0.1, -0.05) is 23.7 Å². The predicted molar refractivity (Wildman–Crippen MR) is 86.3 cm³/mol. The minimum Gasteiger partial charge on any atom is -0.375 e. The first-order valence-electron chi connectivity index (χ1n) is 4.96. The third-order valence-corrected chi connectivity index (χ3v) is 2.22. The smallest absolute Gasteiger partial charge is 0.184 e. The van der Waals surface area contributed by atoms with E-state index in [1.807, 2.05) is 0 Å². The lowest BCUT2D eigenvalue weighted by Crippen LogP contribution is -2.27. The van der Waals surface area contributed by atoms with Crippen molar-refractivity contribution in [1.29, 1.82) is 0 Å². The van der Waals surface area contributed by atoms with E-state index in [9.17, 15) is 0 Å². The van der Waals surface area contributed by atoms with E-state index < -0.39 is 0 Å². The van der Waals surface area contributed by atoms with Crippen molar-refractivity contribution in [3.8, 4) is 0 Å². The molecule has 1 rings (SSSR count). The van der Waals surface area contributed by atoms with Crippen LogP contribution in [0.5, 0.6) is 0 Å². The van der Waals surface area contributed by atoms with Crippen LogP contribution >= 0.6 is 36.0 Å². The number of benzene rings is 1. The van der Waals surface area contributed by atoms with Gasteiger partial charge in [0.2, 0.25) is 0 Å². The molecule has 0 atom stereocenters. The van der Waals surface area contributed by atoms with Gasteiger partial charge in [-0.2, -0.15) is 10.2 Å². The average molecular weight is 315 g/mol. The first-order valence-corrected chi connectivity index (χ1v) is 6.16. The zero-order valence-electron chi connectivity index (χ0n) is 9.63. The molecule has 0 amide bonds.